The molecule has 7 nitrogen and oxygen atoms in total. The number of para-hydroxylation sites is 3. The van der Waals surface area contributed by atoms with Crippen molar-refractivity contribution in [3.8, 4) is 11.5 Å². The summed E-state index contributed by atoms with van der Waals surface area (Å²) in [6.45, 7) is 0.126. The highest BCUT2D eigenvalue weighted by molar-refractivity contribution is 9.10. The number of anilines is 1. The van der Waals surface area contributed by atoms with Crippen molar-refractivity contribution >= 4 is 37.5 Å². The fourth-order valence-corrected chi connectivity index (χ4v) is 3.80. The predicted octanol–water partition coefficient (Wildman–Crippen LogP) is 2.42. The Labute approximate surface area is 167 Å². The number of hydrogen-bond acceptors (Lipinski definition) is 5. The van der Waals surface area contributed by atoms with Crippen molar-refractivity contribution in [2.75, 3.05) is 37.4 Å². The van der Waals surface area contributed by atoms with Crippen molar-refractivity contribution in [1.82, 2.24) is 5.32 Å². The molecule has 0 atom stereocenters. The maximum Gasteiger partial charge on any atom is 0.240 e. The van der Waals surface area contributed by atoms with Gasteiger partial charge in [-0.15, -0.1) is 0 Å². The molecule has 0 heterocycles. The monoisotopic (exact) mass is 456 g/mol. The number of nitrogens with one attached hydrogen (secondary N) is 1. The van der Waals surface area contributed by atoms with Gasteiger partial charge in [0.05, 0.1) is 25.6 Å². The molecule has 0 fully saturated rings. The summed E-state index contributed by atoms with van der Waals surface area (Å²) in [5.74, 6) is 0.737. The van der Waals surface area contributed by atoms with Crippen LogP contribution in [0.4, 0.5) is 5.69 Å². The molecule has 0 bridgehead atoms. The van der Waals surface area contributed by atoms with Crippen LogP contribution >= 0.6 is 15.9 Å². The standard InChI is InChI=1S/C18H21BrN2O5S/c1-25-16-9-5-6-10-17(16)26-12-11-20-18(22)13-21(27(2,23)24)15-8-4-3-7-14(15)19/h3-10H,11-13H2,1-2H3,(H,20,22). The Balaban J connectivity index is 1.92. The van der Waals surface area contributed by atoms with Crippen molar-refractivity contribution in [3.05, 3.63) is 53.0 Å². The molecule has 2 rings (SSSR count). The smallest absolute Gasteiger partial charge is 0.240 e. The molecule has 0 aromatic heterocycles. The fourth-order valence-electron chi connectivity index (χ4n) is 2.31. The van der Waals surface area contributed by atoms with E-state index in [1.807, 2.05) is 12.1 Å². The van der Waals surface area contributed by atoms with Crippen LogP contribution in [0.15, 0.2) is 53.0 Å². The molecule has 27 heavy (non-hydrogen) atoms. The SMILES string of the molecule is COc1ccccc1OCCNC(=O)CN(c1ccccc1Br)S(C)(=O)=O. The maximum atomic E-state index is 12.2. The molecule has 0 spiro atoms. The van der Waals surface area contributed by atoms with E-state index in [-0.39, 0.29) is 19.7 Å². The number of nitrogens with zero attached hydrogens (tertiary/aromatic N) is 1. The van der Waals surface area contributed by atoms with E-state index in [2.05, 4.69) is 21.2 Å². The first kappa shape index (κ1) is 21.0. The van der Waals surface area contributed by atoms with E-state index in [1.54, 1.807) is 43.5 Å². The Kier molecular flexibility index (Phi) is 7.49. The molecular formula is C18H21BrN2O5S. The number of ether oxygens (including phenoxy) is 2. The third kappa shape index (κ3) is 6.14. The van der Waals surface area contributed by atoms with E-state index in [0.717, 1.165) is 10.6 Å². The van der Waals surface area contributed by atoms with Crippen LogP contribution < -0.4 is 19.1 Å². The Morgan fingerprint density at radius 2 is 1.74 bits per heavy atom. The molecule has 0 radical (unpaired) electrons. The Morgan fingerprint density at radius 1 is 1.11 bits per heavy atom. The molecule has 1 N–H and O–H groups in total. The van der Waals surface area contributed by atoms with Gasteiger partial charge in [0.15, 0.2) is 11.5 Å². The predicted molar refractivity (Wildman–Crippen MR) is 108 cm³/mol. The number of amides is 1. The highest BCUT2D eigenvalue weighted by Gasteiger charge is 2.22. The number of methoxy groups -OCH3 is 1. The van der Waals surface area contributed by atoms with Crippen molar-refractivity contribution in [2.24, 2.45) is 0 Å². The van der Waals surface area contributed by atoms with Crippen molar-refractivity contribution in [2.45, 2.75) is 0 Å². The van der Waals surface area contributed by atoms with E-state index >= 15 is 0 Å². The fraction of sp³-hybridized carbons (Fsp3) is 0.278. The van der Waals surface area contributed by atoms with Gasteiger partial charge in [-0.05, 0) is 40.2 Å². The van der Waals surface area contributed by atoms with Gasteiger partial charge in [-0.1, -0.05) is 24.3 Å². The number of sulfonamides is 1. The normalized spacial score (nSPS) is 10.9. The third-order valence-corrected chi connectivity index (χ3v) is 5.36. The molecule has 1 amide bonds. The summed E-state index contributed by atoms with van der Waals surface area (Å²) in [5.41, 5.74) is 0.403. The summed E-state index contributed by atoms with van der Waals surface area (Å²) in [4.78, 5) is 12.2. The second-order valence-electron chi connectivity index (χ2n) is 5.57. The number of benzene rings is 2. The molecule has 2 aromatic carbocycles. The zero-order chi connectivity index (χ0) is 19.9. The van der Waals surface area contributed by atoms with Gasteiger partial charge in [0.2, 0.25) is 15.9 Å². The van der Waals surface area contributed by atoms with E-state index in [0.29, 0.717) is 21.7 Å². The van der Waals surface area contributed by atoms with Crippen LogP contribution in [0, 0.1) is 0 Å². The zero-order valence-corrected chi connectivity index (χ0v) is 17.4. The molecule has 0 unspecified atom stereocenters. The summed E-state index contributed by atoms with van der Waals surface area (Å²) < 4.78 is 36.6. The van der Waals surface area contributed by atoms with Crippen LogP contribution in [0.2, 0.25) is 0 Å². The Morgan fingerprint density at radius 3 is 2.37 bits per heavy atom. The van der Waals surface area contributed by atoms with Gasteiger partial charge < -0.3 is 14.8 Å². The average Bonchev–Trinajstić information content (AvgIpc) is 2.63. The number of carbonyl (C=O) groups is 1. The van der Waals surface area contributed by atoms with Crippen molar-refractivity contribution in [3.63, 3.8) is 0 Å². The van der Waals surface area contributed by atoms with Crippen molar-refractivity contribution in [1.29, 1.82) is 0 Å². The molecule has 0 aliphatic rings. The molecule has 0 aliphatic carbocycles. The van der Waals surface area contributed by atoms with Crippen LogP contribution in [-0.2, 0) is 14.8 Å². The number of carbonyl (C=O) groups excluding carboxylic acids is 1. The van der Waals surface area contributed by atoms with Crippen LogP contribution in [0.5, 0.6) is 11.5 Å². The van der Waals surface area contributed by atoms with E-state index < -0.39 is 15.9 Å². The Bertz CT molecular complexity index is 889. The lowest BCUT2D eigenvalue weighted by Crippen LogP contribution is -2.41. The minimum Gasteiger partial charge on any atom is -0.493 e. The number of hydrogen-bond donors (Lipinski definition) is 1. The lowest BCUT2D eigenvalue weighted by atomic mass is 10.3. The molecule has 146 valence electrons. The number of rotatable bonds is 9. The first-order valence-corrected chi connectivity index (χ1v) is 10.7. The minimum absolute atomic E-state index is 0.222. The minimum atomic E-state index is -3.62. The first-order valence-electron chi connectivity index (χ1n) is 8.07. The van der Waals surface area contributed by atoms with Gasteiger partial charge in [-0.25, -0.2) is 8.42 Å². The van der Waals surface area contributed by atoms with Gasteiger partial charge in [0.1, 0.15) is 13.2 Å². The lowest BCUT2D eigenvalue weighted by Gasteiger charge is -2.23. The van der Waals surface area contributed by atoms with Gasteiger partial charge in [-0.3, -0.25) is 9.10 Å². The van der Waals surface area contributed by atoms with E-state index in [4.69, 9.17) is 9.47 Å². The average molecular weight is 457 g/mol. The van der Waals surface area contributed by atoms with Gasteiger partial charge in [0.25, 0.3) is 0 Å². The summed E-state index contributed by atoms with van der Waals surface area (Å²) in [6.07, 6.45) is 1.06. The summed E-state index contributed by atoms with van der Waals surface area (Å²) in [7, 11) is -2.08. The largest absolute Gasteiger partial charge is 0.493 e. The molecule has 0 saturated carbocycles. The highest BCUT2D eigenvalue weighted by atomic mass is 79.9. The quantitative estimate of drug-likeness (QED) is 0.585. The van der Waals surface area contributed by atoms with E-state index in [1.165, 1.54) is 0 Å². The lowest BCUT2D eigenvalue weighted by molar-refractivity contribution is -0.119. The van der Waals surface area contributed by atoms with Crippen LogP contribution in [0.25, 0.3) is 0 Å². The van der Waals surface area contributed by atoms with Gasteiger partial charge in [0, 0.05) is 4.47 Å². The second-order valence-corrected chi connectivity index (χ2v) is 8.33. The van der Waals surface area contributed by atoms with Crippen LogP contribution in [0.3, 0.4) is 0 Å². The zero-order valence-electron chi connectivity index (χ0n) is 15.0. The van der Waals surface area contributed by atoms with Gasteiger partial charge in [-0.2, -0.15) is 0 Å². The summed E-state index contributed by atoms with van der Waals surface area (Å²) in [6, 6.07) is 14.0. The van der Waals surface area contributed by atoms with Crippen LogP contribution in [0.1, 0.15) is 0 Å². The van der Waals surface area contributed by atoms with Crippen LogP contribution in [-0.4, -0.2) is 47.4 Å². The maximum absolute atomic E-state index is 12.2. The molecule has 9 heteroatoms. The topological polar surface area (TPSA) is 84.9 Å². The Hall–Kier alpha value is -2.26. The molecule has 2 aromatic rings. The van der Waals surface area contributed by atoms with E-state index in [9.17, 15) is 13.2 Å². The number of halogens is 1. The first-order chi connectivity index (χ1) is 12.8. The highest BCUT2D eigenvalue weighted by Crippen LogP contribution is 2.27. The molecule has 0 aliphatic heterocycles. The molecular weight excluding hydrogens is 436 g/mol. The third-order valence-electron chi connectivity index (χ3n) is 3.56. The second kappa shape index (κ2) is 9.61. The van der Waals surface area contributed by atoms with Crippen molar-refractivity contribution < 1.29 is 22.7 Å². The van der Waals surface area contributed by atoms with Gasteiger partial charge >= 0.3 is 0 Å². The molecule has 0 saturated heterocycles. The summed E-state index contributed by atoms with van der Waals surface area (Å²) >= 11 is 3.31. The summed E-state index contributed by atoms with van der Waals surface area (Å²) in [5, 5.41) is 2.66.